The van der Waals surface area contributed by atoms with E-state index in [9.17, 15) is 14.7 Å². The van der Waals surface area contributed by atoms with Crippen LogP contribution >= 0.6 is 0 Å². The Kier molecular flexibility index (Phi) is 63.4. The molecule has 0 amide bonds. The Balaban J connectivity index is 4.37. The van der Waals surface area contributed by atoms with Crippen LogP contribution in [0.1, 0.15) is 336 Å². The van der Waals surface area contributed by atoms with Crippen LogP contribution in [-0.4, -0.2) is 100 Å². The van der Waals surface area contributed by atoms with Crippen LogP contribution in [0.3, 0.4) is 0 Å². The van der Waals surface area contributed by atoms with Gasteiger partial charge in [0.15, 0.2) is 12.6 Å². The van der Waals surface area contributed by atoms with Gasteiger partial charge in [0.1, 0.15) is 0 Å². The molecular formula is C66H131NO9. The molecule has 10 heteroatoms. The zero-order chi connectivity index (χ0) is 55.1. The van der Waals surface area contributed by atoms with Gasteiger partial charge < -0.3 is 38.4 Å². The van der Waals surface area contributed by atoms with Crippen molar-refractivity contribution in [1.82, 2.24) is 4.90 Å². The van der Waals surface area contributed by atoms with Crippen molar-refractivity contribution in [3.05, 3.63) is 0 Å². The second kappa shape index (κ2) is 64.5. The fourth-order valence-corrected chi connectivity index (χ4v) is 9.94. The third-order valence-electron chi connectivity index (χ3n) is 15.0. The van der Waals surface area contributed by atoms with Gasteiger partial charge in [-0.3, -0.25) is 9.59 Å². The molecule has 0 radical (unpaired) electrons. The molecule has 454 valence electrons. The number of carbonyl (C=O) groups excluding carboxylic acids is 2. The van der Waals surface area contributed by atoms with Crippen LogP contribution in [0.15, 0.2) is 0 Å². The number of hydrogen-bond acceptors (Lipinski definition) is 10. The van der Waals surface area contributed by atoms with Crippen LogP contribution in [0, 0.1) is 0 Å². The summed E-state index contributed by atoms with van der Waals surface area (Å²) in [6.07, 6.45) is 54.6. The molecule has 0 aliphatic rings. The SMILES string of the molecule is CCCCCCCCCCOC(CCC(=O)OCCCCCCCN(CCCCO)CCCCCCCOC(=O)CCC(OCCCCCCCCCC)OCCCCCCCCCC)OCCCCCCCCCC. The summed E-state index contributed by atoms with van der Waals surface area (Å²) >= 11 is 0. The number of hydrogen-bond donors (Lipinski definition) is 1. The summed E-state index contributed by atoms with van der Waals surface area (Å²) < 4.78 is 36.0. The molecule has 0 heterocycles. The fraction of sp³-hybridized carbons (Fsp3) is 0.970. The molecule has 0 aliphatic carbocycles. The quantitative estimate of drug-likeness (QED) is 0.0359. The van der Waals surface area contributed by atoms with Gasteiger partial charge in [0.25, 0.3) is 0 Å². The molecule has 0 rings (SSSR count). The Hall–Kier alpha value is -1.30. The van der Waals surface area contributed by atoms with Crippen molar-refractivity contribution in [1.29, 1.82) is 0 Å². The van der Waals surface area contributed by atoms with Gasteiger partial charge in [0.2, 0.25) is 0 Å². The monoisotopic (exact) mass is 1080 g/mol. The number of esters is 2. The van der Waals surface area contributed by atoms with E-state index in [1.165, 1.54) is 205 Å². The minimum Gasteiger partial charge on any atom is -0.466 e. The normalized spacial score (nSPS) is 11.8. The molecule has 0 aromatic heterocycles. The summed E-state index contributed by atoms with van der Waals surface area (Å²) in [5.41, 5.74) is 0. The fourth-order valence-electron chi connectivity index (χ4n) is 9.94. The van der Waals surface area contributed by atoms with E-state index in [1.807, 2.05) is 0 Å². The van der Waals surface area contributed by atoms with Crippen LogP contribution in [-0.2, 0) is 38.0 Å². The first-order valence-electron chi connectivity index (χ1n) is 33.6. The van der Waals surface area contributed by atoms with Crippen LogP contribution in [0.4, 0.5) is 0 Å². The van der Waals surface area contributed by atoms with Crippen LogP contribution in [0.25, 0.3) is 0 Å². The molecule has 0 bridgehead atoms. The van der Waals surface area contributed by atoms with Crippen LogP contribution in [0.5, 0.6) is 0 Å². The van der Waals surface area contributed by atoms with Gasteiger partial charge in [0.05, 0.1) is 26.1 Å². The molecular weight excluding hydrogens is 951 g/mol. The van der Waals surface area contributed by atoms with Gasteiger partial charge in [-0.25, -0.2) is 0 Å². The second-order valence-corrected chi connectivity index (χ2v) is 22.6. The van der Waals surface area contributed by atoms with E-state index >= 15 is 0 Å². The Morgan fingerprint density at radius 3 is 0.789 bits per heavy atom. The van der Waals surface area contributed by atoms with Crippen molar-refractivity contribution in [2.45, 2.75) is 348 Å². The lowest BCUT2D eigenvalue weighted by atomic mass is 10.1. The van der Waals surface area contributed by atoms with E-state index in [0.29, 0.717) is 65.3 Å². The lowest BCUT2D eigenvalue weighted by Crippen LogP contribution is -2.27. The van der Waals surface area contributed by atoms with E-state index in [0.717, 1.165) is 96.7 Å². The standard InChI is InChI=1S/C66H131NO9/c1-5-9-13-17-21-25-33-45-59-73-65(74-60-46-34-26-22-18-14-10-6-2)51-49-63(69)71-57-43-37-29-31-39-53-67(55-41-42-56-68)54-40-32-30-38-44-58-72-64(70)50-52-66(75-61-47-35-27-23-19-15-11-7-3)76-62-48-36-28-24-20-16-12-8-4/h65-66,68H,5-62H2,1-4H3. The molecule has 0 aromatic carbocycles. The summed E-state index contributed by atoms with van der Waals surface area (Å²) in [5.74, 6) is -0.282. The molecule has 0 saturated carbocycles. The first-order valence-corrected chi connectivity index (χ1v) is 33.6. The molecule has 0 spiro atoms. The topological polar surface area (TPSA) is 113 Å². The van der Waals surface area contributed by atoms with E-state index in [2.05, 4.69) is 32.6 Å². The average molecular weight is 1080 g/mol. The predicted octanol–water partition coefficient (Wildman–Crippen LogP) is 18.9. The number of nitrogens with zero attached hydrogens (tertiary/aromatic N) is 1. The number of aliphatic hydroxyl groups is 1. The zero-order valence-corrected chi connectivity index (χ0v) is 51.3. The van der Waals surface area contributed by atoms with Gasteiger partial charge >= 0.3 is 11.9 Å². The van der Waals surface area contributed by atoms with Crippen LogP contribution < -0.4 is 0 Å². The summed E-state index contributed by atoms with van der Waals surface area (Å²) in [5, 5.41) is 9.40. The third kappa shape index (κ3) is 58.8. The Morgan fingerprint density at radius 2 is 0.526 bits per heavy atom. The first-order chi connectivity index (χ1) is 37.5. The van der Waals surface area contributed by atoms with Crippen molar-refractivity contribution in [2.75, 3.05) is 65.9 Å². The van der Waals surface area contributed by atoms with Gasteiger partial charge in [-0.05, 0) is 83.8 Å². The van der Waals surface area contributed by atoms with Crippen LogP contribution in [0.2, 0.25) is 0 Å². The molecule has 10 nitrogen and oxygen atoms in total. The lowest BCUT2D eigenvalue weighted by molar-refractivity contribution is -0.159. The molecule has 0 aliphatic heterocycles. The maximum Gasteiger partial charge on any atom is 0.305 e. The summed E-state index contributed by atoms with van der Waals surface area (Å²) in [7, 11) is 0. The van der Waals surface area contributed by atoms with Crippen molar-refractivity contribution >= 4 is 11.9 Å². The second-order valence-electron chi connectivity index (χ2n) is 22.6. The van der Waals surface area contributed by atoms with Crippen molar-refractivity contribution in [2.24, 2.45) is 0 Å². The summed E-state index contributed by atoms with van der Waals surface area (Å²) in [4.78, 5) is 28.0. The van der Waals surface area contributed by atoms with Crippen molar-refractivity contribution in [3.8, 4) is 0 Å². The highest BCUT2D eigenvalue weighted by molar-refractivity contribution is 5.69. The number of unbranched alkanes of at least 4 members (excludes halogenated alkanes) is 37. The zero-order valence-electron chi connectivity index (χ0n) is 51.3. The minimum absolute atomic E-state index is 0.141. The maximum atomic E-state index is 12.7. The minimum atomic E-state index is -0.326. The summed E-state index contributed by atoms with van der Waals surface area (Å²) in [6, 6.07) is 0. The molecule has 76 heavy (non-hydrogen) atoms. The number of ether oxygens (including phenoxy) is 6. The van der Waals surface area contributed by atoms with Gasteiger partial charge in [-0.15, -0.1) is 0 Å². The Labute approximate surface area is 472 Å². The highest BCUT2D eigenvalue weighted by Crippen LogP contribution is 2.17. The van der Waals surface area contributed by atoms with E-state index in [4.69, 9.17) is 28.4 Å². The molecule has 0 aromatic rings. The average Bonchev–Trinajstić information content (AvgIpc) is 3.42. The highest BCUT2D eigenvalue weighted by Gasteiger charge is 2.15. The van der Waals surface area contributed by atoms with Gasteiger partial charge in [0, 0.05) is 45.9 Å². The predicted molar refractivity (Wildman–Crippen MR) is 321 cm³/mol. The van der Waals surface area contributed by atoms with E-state index in [-0.39, 0.29) is 31.1 Å². The Bertz CT molecular complexity index is 1000. The molecule has 1 N–H and O–H groups in total. The third-order valence-corrected chi connectivity index (χ3v) is 15.0. The van der Waals surface area contributed by atoms with Crippen molar-refractivity contribution in [3.63, 3.8) is 0 Å². The number of carbonyl (C=O) groups is 2. The largest absolute Gasteiger partial charge is 0.466 e. The van der Waals surface area contributed by atoms with Gasteiger partial charge in [-0.1, -0.05) is 246 Å². The Morgan fingerprint density at radius 1 is 0.303 bits per heavy atom. The maximum absolute atomic E-state index is 12.7. The number of rotatable bonds is 66. The number of aliphatic hydroxyl groups excluding tert-OH is 1. The molecule has 0 fully saturated rings. The smallest absolute Gasteiger partial charge is 0.305 e. The van der Waals surface area contributed by atoms with Crippen molar-refractivity contribution < 1.29 is 43.1 Å². The van der Waals surface area contributed by atoms with E-state index < -0.39 is 0 Å². The lowest BCUT2D eigenvalue weighted by Gasteiger charge is -2.22. The summed E-state index contributed by atoms with van der Waals surface area (Å²) in [6.45, 7) is 16.3. The highest BCUT2D eigenvalue weighted by atomic mass is 16.7. The van der Waals surface area contributed by atoms with Gasteiger partial charge in [-0.2, -0.15) is 0 Å². The molecule has 0 atom stereocenters. The first kappa shape index (κ1) is 74.7. The molecule has 0 unspecified atom stereocenters. The molecule has 0 saturated heterocycles. The van der Waals surface area contributed by atoms with E-state index in [1.54, 1.807) is 0 Å².